The predicted octanol–water partition coefficient (Wildman–Crippen LogP) is 2.92. The molecular weight excluding hydrogens is 178 g/mol. The lowest BCUT2D eigenvalue weighted by atomic mass is 9.94. The van der Waals surface area contributed by atoms with Crippen LogP contribution in [0.3, 0.4) is 0 Å². The number of unbranched alkanes of at least 4 members (excludes halogenated alkanes) is 1. The van der Waals surface area contributed by atoms with Crippen molar-refractivity contribution < 1.29 is 9.53 Å². The van der Waals surface area contributed by atoms with Crippen LogP contribution in [-0.2, 0) is 4.74 Å². The predicted molar refractivity (Wildman–Crippen MR) is 55.9 cm³/mol. The van der Waals surface area contributed by atoms with Crippen molar-refractivity contribution in [3.05, 3.63) is 12.8 Å². The standard InChI is InChI=1S/C11H19NO2/c1-4-7-8-11(5-2)9-12(6-3)10(13)14-11/h6H,3-5,7-9H2,1-2H3. The van der Waals surface area contributed by atoms with Crippen LogP contribution in [0.15, 0.2) is 12.8 Å². The fraction of sp³-hybridized carbons (Fsp3) is 0.727. The van der Waals surface area contributed by atoms with Gasteiger partial charge in [-0.15, -0.1) is 0 Å². The molecule has 0 bridgehead atoms. The molecule has 1 rings (SSSR count). The van der Waals surface area contributed by atoms with E-state index in [4.69, 9.17) is 4.74 Å². The van der Waals surface area contributed by atoms with Gasteiger partial charge in [-0.25, -0.2) is 4.79 Å². The van der Waals surface area contributed by atoms with Gasteiger partial charge in [0, 0.05) is 6.20 Å². The molecule has 80 valence electrons. The van der Waals surface area contributed by atoms with Crippen LogP contribution in [0.1, 0.15) is 39.5 Å². The normalized spacial score (nSPS) is 26.4. The van der Waals surface area contributed by atoms with Crippen molar-refractivity contribution in [2.45, 2.75) is 45.1 Å². The van der Waals surface area contributed by atoms with Gasteiger partial charge >= 0.3 is 6.09 Å². The molecule has 1 fully saturated rings. The van der Waals surface area contributed by atoms with Gasteiger partial charge in [0.1, 0.15) is 5.60 Å². The number of ether oxygens (including phenoxy) is 1. The van der Waals surface area contributed by atoms with Crippen LogP contribution in [0.4, 0.5) is 4.79 Å². The first-order valence-electron chi connectivity index (χ1n) is 5.29. The van der Waals surface area contributed by atoms with Crippen LogP contribution in [0, 0.1) is 0 Å². The van der Waals surface area contributed by atoms with E-state index in [-0.39, 0.29) is 11.7 Å². The first-order chi connectivity index (χ1) is 6.67. The van der Waals surface area contributed by atoms with E-state index < -0.39 is 0 Å². The van der Waals surface area contributed by atoms with Crippen molar-refractivity contribution in [1.29, 1.82) is 0 Å². The minimum atomic E-state index is -0.263. The van der Waals surface area contributed by atoms with Crippen LogP contribution < -0.4 is 0 Å². The van der Waals surface area contributed by atoms with Gasteiger partial charge < -0.3 is 4.74 Å². The van der Waals surface area contributed by atoms with Crippen molar-refractivity contribution in [2.75, 3.05) is 6.54 Å². The summed E-state index contributed by atoms with van der Waals surface area (Å²) in [7, 11) is 0. The summed E-state index contributed by atoms with van der Waals surface area (Å²) >= 11 is 0. The monoisotopic (exact) mass is 197 g/mol. The van der Waals surface area contributed by atoms with Gasteiger partial charge in [0.25, 0.3) is 0 Å². The summed E-state index contributed by atoms with van der Waals surface area (Å²) in [6.45, 7) is 8.47. The van der Waals surface area contributed by atoms with Crippen LogP contribution in [0.2, 0.25) is 0 Å². The molecular formula is C11H19NO2. The summed E-state index contributed by atoms with van der Waals surface area (Å²) in [5, 5.41) is 0. The quantitative estimate of drug-likeness (QED) is 0.678. The molecule has 0 N–H and O–H groups in total. The van der Waals surface area contributed by atoms with Crippen LogP contribution in [0.25, 0.3) is 0 Å². The SMILES string of the molecule is C=CN1CC(CC)(CCCC)OC1=O. The molecule has 0 aliphatic carbocycles. The molecule has 0 radical (unpaired) electrons. The maximum Gasteiger partial charge on any atom is 0.414 e. The third-order valence-electron chi connectivity index (χ3n) is 2.85. The summed E-state index contributed by atoms with van der Waals surface area (Å²) in [6, 6.07) is 0. The van der Waals surface area contributed by atoms with E-state index in [1.807, 2.05) is 0 Å². The van der Waals surface area contributed by atoms with Gasteiger partial charge in [-0.2, -0.15) is 0 Å². The Bertz CT molecular complexity index is 227. The number of rotatable bonds is 5. The maximum absolute atomic E-state index is 11.4. The lowest BCUT2D eigenvalue weighted by Crippen LogP contribution is -2.32. The lowest BCUT2D eigenvalue weighted by molar-refractivity contribution is 0.0445. The summed E-state index contributed by atoms with van der Waals surface area (Å²) in [6.07, 6.45) is 5.36. The van der Waals surface area contributed by atoms with E-state index in [1.165, 1.54) is 0 Å². The van der Waals surface area contributed by atoms with Gasteiger partial charge in [-0.05, 0) is 19.3 Å². The Balaban J connectivity index is 2.63. The van der Waals surface area contributed by atoms with Gasteiger partial charge in [0.05, 0.1) is 6.54 Å². The van der Waals surface area contributed by atoms with Gasteiger partial charge in [0.15, 0.2) is 0 Å². The fourth-order valence-corrected chi connectivity index (χ4v) is 1.78. The largest absolute Gasteiger partial charge is 0.441 e. The Hall–Kier alpha value is -0.990. The highest BCUT2D eigenvalue weighted by Gasteiger charge is 2.42. The summed E-state index contributed by atoms with van der Waals surface area (Å²) in [5.74, 6) is 0. The van der Waals surface area contributed by atoms with Gasteiger partial charge in [0.2, 0.25) is 0 Å². The van der Waals surface area contributed by atoms with E-state index in [9.17, 15) is 4.79 Å². The van der Waals surface area contributed by atoms with Gasteiger partial charge in [-0.3, -0.25) is 4.90 Å². The average molecular weight is 197 g/mol. The molecule has 1 heterocycles. The van der Waals surface area contributed by atoms with Crippen molar-refractivity contribution in [2.24, 2.45) is 0 Å². The smallest absolute Gasteiger partial charge is 0.414 e. The molecule has 3 nitrogen and oxygen atoms in total. The Morgan fingerprint density at radius 2 is 2.36 bits per heavy atom. The third-order valence-corrected chi connectivity index (χ3v) is 2.85. The number of hydrogen-bond donors (Lipinski definition) is 0. The molecule has 0 aromatic heterocycles. The molecule has 0 saturated carbocycles. The second-order valence-electron chi connectivity index (χ2n) is 3.82. The summed E-state index contributed by atoms with van der Waals surface area (Å²) in [4.78, 5) is 12.9. The first-order valence-corrected chi connectivity index (χ1v) is 5.29. The minimum Gasteiger partial charge on any atom is -0.441 e. The zero-order chi connectivity index (χ0) is 10.6. The second kappa shape index (κ2) is 4.49. The Morgan fingerprint density at radius 1 is 1.64 bits per heavy atom. The highest BCUT2D eigenvalue weighted by Crippen LogP contribution is 2.31. The number of nitrogens with zero attached hydrogens (tertiary/aromatic N) is 1. The third kappa shape index (κ3) is 2.08. The molecule has 14 heavy (non-hydrogen) atoms. The molecule has 1 unspecified atom stereocenters. The molecule has 1 aliphatic heterocycles. The molecule has 1 aliphatic rings. The fourth-order valence-electron chi connectivity index (χ4n) is 1.78. The van der Waals surface area contributed by atoms with E-state index in [1.54, 1.807) is 11.1 Å². The number of amides is 1. The van der Waals surface area contributed by atoms with Crippen molar-refractivity contribution in [3.8, 4) is 0 Å². The number of hydrogen-bond acceptors (Lipinski definition) is 2. The molecule has 0 spiro atoms. The van der Waals surface area contributed by atoms with Crippen LogP contribution >= 0.6 is 0 Å². The van der Waals surface area contributed by atoms with E-state index >= 15 is 0 Å². The summed E-state index contributed by atoms with van der Waals surface area (Å²) < 4.78 is 5.42. The van der Waals surface area contributed by atoms with Crippen molar-refractivity contribution in [3.63, 3.8) is 0 Å². The lowest BCUT2D eigenvalue weighted by Gasteiger charge is -2.24. The average Bonchev–Trinajstić information content (AvgIpc) is 2.53. The Morgan fingerprint density at radius 3 is 2.79 bits per heavy atom. The highest BCUT2D eigenvalue weighted by molar-refractivity contribution is 5.71. The zero-order valence-electron chi connectivity index (χ0n) is 9.08. The molecule has 3 heteroatoms. The summed E-state index contributed by atoms with van der Waals surface area (Å²) in [5.41, 5.74) is -0.263. The number of carbonyl (C=O) groups excluding carboxylic acids is 1. The van der Waals surface area contributed by atoms with Crippen molar-refractivity contribution in [1.82, 2.24) is 4.90 Å². The van der Waals surface area contributed by atoms with Gasteiger partial charge in [-0.1, -0.05) is 26.8 Å². The van der Waals surface area contributed by atoms with E-state index in [2.05, 4.69) is 20.4 Å². The van der Waals surface area contributed by atoms with Crippen LogP contribution in [0.5, 0.6) is 0 Å². The van der Waals surface area contributed by atoms with Crippen molar-refractivity contribution >= 4 is 6.09 Å². The second-order valence-corrected chi connectivity index (χ2v) is 3.82. The minimum absolute atomic E-state index is 0.252. The number of cyclic esters (lactones) is 1. The zero-order valence-corrected chi connectivity index (χ0v) is 9.08. The maximum atomic E-state index is 11.4. The Kier molecular flexibility index (Phi) is 3.55. The Labute approximate surface area is 85.7 Å². The molecule has 1 amide bonds. The molecule has 1 atom stereocenters. The van der Waals surface area contributed by atoms with E-state index in [0.717, 1.165) is 25.7 Å². The number of carbonyl (C=O) groups is 1. The highest BCUT2D eigenvalue weighted by atomic mass is 16.6. The van der Waals surface area contributed by atoms with Crippen LogP contribution in [-0.4, -0.2) is 23.1 Å². The van der Waals surface area contributed by atoms with E-state index in [0.29, 0.717) is 6.54 Å². The topological polar surface area (TPSA) is 29.5 Å². The first kappa shape index (κ1) is 11.1. The molecule has 1 saturated heterocycles. The molecule has 0 aromatic carbocycles. The molecule has 0 aromatic rings.